The van der Waals surface area contributed by atoms with E-state index in [1.165, 1.54) is 0 Å². The molecule has 2 aromatic carbocycles. The molecule has 2 aromatic heterocycles. The van der Waals surface area contributed by atoms with E-state index in [-0.39, 0.29) is 0 Å². The Balaban J connectivity index is 1.55. The summed E-state index contributed by atoms with van der Waals surface area (Å²) in [5.41, 5.74) is 3.85. The highest BCUT2D eigenvalue weighted by atomic mass is 32.1. The predicted molar refractivity (Wildman–Crippen MR) is 93.7 cm³/mol. The van der Waals surface area contributed by atoms with Crippen molar-refractivity contribution in [3.05, 3.63) is 54.1 Å². The van der Waals surface area contributed by atoms with Crippen LogP contribution in [0.3, 0.4) is 0 Å². The van der Waals surface area contributed by atoms with Gasteiger partial charge in [0.05, 0.1) is 5.69 Å². The molecule has 24 heavy (non-hydrogen) atoms. The molecule has 0 radical (unpaired) electrons. The van der Waals surface area contributed by atoms with Crippen molar-refractivity contribution in [3.8, 4) is 33.3 Å². The fraction of sp³-hybridized carbons (Fsp3) is 0.105. The molecule has 0 atom stereocenters. The van der Waals surface area contributed by atoms with E-state index in [0.717, 1.165) is 44.3 Å². The summed E-state index contributed by atoms with van der Waals surface area (Å²) < 4.78 is 16.9. The largest absolute Gasteiger partial charge is 0.486 e. The summed E-state index contributed by atoms with van der Waals surface area (Å²) in [4.78, 5) is 4.78. The van der Waals surface area contributed by atoms with Gasteiger partial charge >= 0.3 is 0 Å². The van der Waals surface area contributed by atoms with E-state index in [2.05, 4.69) is 11.4 Å². The van der Waals surface area contributed by atoms with E-state index in [4.69, 9.17) is 18.9 Å². The number of para-hydroxylation sites is 1. The van der Waals surface area contributed by atoms with Crippen molar-refractivity contribution in [3.63, 3.8) is 0 Å². The number of fused-ring (bicyclic) bond motifs is 2. The second-order valence-corrected chi connectivity index (χ2v) is 6.40. The predicted octanol–water partition coefficient (Wildman–Crippen LogP) is 4.99. The Morgan fingerprint density at radius 2 is 1.83 bits per heavy atom. The van der Waals surface area contributed by atoms with Crippen LogP contribution in [-0.2, 0) is 0 Å². The van der Waals surface area contributed by atoms with Crippen molar-refractivity contribution in [2.24, 2.45) is 0 Å². The summed E-state index contributed by atoms with van der Waals surface area (Å²) in [7, 11) is 0. The molecule has 0 unspecified atom stereocenters. The number of aromatic nitrogens is 1. The first kappa shape index (κ1) is 13.6. The average molecular weight is 335 g/mol. The van der Waals surface area contributed by atoms with E-state index in [1.54, 1.807) is 17.6 Å². The molecule has 0 fully saturated rings. The lowest BCUT2D eigenvalue weighted by Gasteiger charge is -2.18. The molecule has 0 spiro atoms. The van der Waals surface area contributed by atoms with Crippen LogP contribution in [-0.4, -0.2) is 18.2 Å². The van der Waals surface area contributed by atoms with Crippen molar-refractivity contribution in [1.29, 1.82) is 0 Å². The van der Waals surface area contributed by atoms with Crippen molar-refractivity contribution in [2.45, 2.75) is 0 Å². The smallest absolute Gasteiger partial charge is 0.162 e. The van der Waals surface area contributed by atoms with E-state index in [1.807, 2.05) is 36.4 Å². The van der Waals surface area contributed by atoms with Gasteiger partial charge in [0.2, 0.25) is 0 Å². The van der Waals surface area contributed by atoms with Crippen LogP contribution < -0.4 is 9.47 Å². The average Bonchev–Trinajstić information content (AvgIpc) is 3.28. The fourth-order valence-corrected chi connectivity index (χ4v) is 3.70. The third-order valence-electron chi connectivity index (χ3n) is 4.05. The number of ether oxygens (including phenoxy) is 2. The molecular weight excluding hydrogens is 322 g/mol. The minimum atomic E-state index is 0.584. The summed E-state index contributed by atoms with van der Waals surface area (Å²) in [6, 6.07) is 13.9. The van der Waals surface area contributed by atoms with Gasteiger partial charge in [-0.2, -0.15) is 0 Å². The Bertz CT molecular complexity index is 1030. The summed E-state index contributed by atoms with van der Waals surface area (Å²) in [6.45, 7) is 1.18. The zero-order valence-corrected chi connectivity index (χ0v) is 13.5. The molecule has 118 valence electrons. The van der Waals surface area contributed by atoms with E-state index >= 15 is 0 Å². The van der Waals surface area contributed by atoms with Gasteiger partial charge in [0.1, 0.15) is 30.1 Å². The zero-order chi connectivity index (χ0) is 15.9. The van der Waals surface area contributed by atoms with E-state index in [9.17, 15) is 0 Å². The Kier molecular flexibility index (Phi) is 3.06. The number of thiazole rings is 1. The molecule has 4 nitrogen and oxygen atoms in total. The monoisotopic (exact) mass is 335 g/mol. The van der Waals surface area contributed by atoms with Crippen LogP contribution in [0, 0.1) is 0 Å². The molecule has 0 aliphatic carbocycles. The van der Waals surface area contributed by atoms with Crippen molar-refractivity contribution in [2.75, 3.05) is 13.2 Å². The summed E-state index contributed by atoms with van der Waals surface area (Å²) in [6.07, 6.45) is 1.77. The van der Waals surface area contributed by atoms with Crippen LogP contribution in [0.4, 0.5) is 0 Å². The maximum atomic E-state index is 5.66. The SMILES string of the molecule is c1ccc2c(-c3csc(-c4ccc5c(c4)OCCO5)n3)coc2c1. The Labute approximate surface area is 142 Å². The lowest BCUT2D eigenvalue weighted by Crippen LogP contribution is -2.15. The first-order chi connectivity index (χ1) is 11.9. The minimum absolute atomic E-state index is 0.584. The maximum Gasteiger partial charge on any atom is 0.162 e. The highest BCUT2D eigenvalue weighted by molar-refractivity contribution is 7.13. The fourth-order valence-electron chi connectivity index (χ4n) is 2.88. The quantitative estimate of drug-likeness (QED) is 0.517. The van der Waals surface area contributed by atoms with E-state index < -0.39 is 0 Å². The summed E-state index contributed by atoms with van der Waals surface area (Å²) in [5, 5.41) is 4.09. The normalized spacial score (nSPS) is 13.3. The van der Waals surface area contributed by atoms with Gasteiger partial charge in [0.15, 0.2) is 11.5 Å². The molecule has 1 aliphatic rings. The van der Waals surface area contributed by atoms with Crippen LogP contribution >= 0.6 is 11.3 Å². The lowest BCUT2D eigenvalue weighted by atomic mass is 10.1. The number of furan rings is 1. The van der Waals surface area contributed by atoms with Crippen LogP contribution in [0.15, 0.2) is 58.5 Å². The van der Waals surface area contributed by atoms with Gasteiger partial charge in [-0.3, -0.25) is 0 Å². The molecule has 0 saturated heterocycles. The third-order valence-corrected chi connectivity index (χ3v) is 4.94. The van der Waals surface area contributed by atoms with Gasteiger partial charge in [-0.25, -0.2) is 4.98 Å². The molecule has 4 aromatic rings. The molecule has 0 N–H and O–H groups in total. The first-order valence-electron chi connectivity index (χ1n) is 7.71. The van der Waals surface area contributed by atoms with Gasteiger partial charge in [0, 0.05) is 21.9 Å². The lowest BCUT2D eigenvalue weighted by molar-refractivity contribution is 0.171. The van der Waals surface area contributed by atoms with Gasteiger partial charge < -0.3 is 13.9 Å². The van der Waals surface area contributed by atoms with Crippen molar-refractivity contribution >= 4 is 22.3 Å². The first-order valence-corrected chi connectivity index (χ1v) is 8.58. The highest BCUT2D eigenvalue weighted by Gasteiger charge is 2.15. The molecule has 1 aliphatic heterocycles. The van der Waals surface area contributed by atoms with Crippen molar-refractivity contribution < 1.29 is 13.9 Å². The molecular formula is C19H13NO3S. The zero-order valence-electron chi connectivity index (χ0n) is 12.7. The standard InChI is InChI=1S/C19H13NO3S/c1-2-4-16-13(3-1)14(10-23-16)15-11-24-19(20-15)12-5-6-17-18(9-12)22-8-7-21-17/h1-6,9-11H,7-8H2. The second kappa shape index (κ2) is 5.39. The number of nitrogens with zero attached hydrogens (tertiary/aromatic N) is 1. The number of hydrogen-bond acceptors (Lipinski definition) is 5. The van der Waals surface area contributed by atoms with Crippen LogP contribution in [0.1, 0.15) is 0 Å². The highest BCUT2D eigenvalue weighted by Crippen LogP contribution is 2.38. The minimum Gasteiger partial charge on any atom is -0.486 e. The molecule has 0 amide bonds. The maximum absolute atomic E-state index is 5.66. The molecule has 5 heteroatoms. The van der Waals surface area contributed by atoms with E-state index in [0.29, 0.717) is 13.2 Å². The number of benzene rings is 2. The third kappa shape index (κ3) is 2.17. The summed E-state index contributed by atoms with van der Waals surface area (Å²) >= 11 is 1.61. The molecule has 3 heterocycles. The molecule has 5 rings (SSSR count). The van der Waals surface area contributed by atoms with Gasteiger partial charge in [-0.05, 0) is 24.3 Å². The Morgan fingerprint density at radius 1 is 0.958 bits per heavy atom. The number of hydrogen-bond donors (Lipinski definition) is 0. The van der Waals surface area contributed by atoms with Crippen molar-refractivity contribution in [1.82, 2.24) is 4.98 Å². The molecule has 0 bridgehead atoms. The van der Waals surface area contributed by atoms with Gasteiger partial charge in [-0.1, -0.05) is 18.2 Å². The molecule has 0 saturated carbocycles. The summed E-state index contributed by atoms with van der Waals surface area (Å²) in [5.74, 6) is 1.58. The van der Waals surface area contributed by atoms with Crippen LogP contribution in [0.5, 0.6) is 11.5 Å². The Hall–Kier alpha value is -2.79. The Morgan fingerprint density at radius 3 is 2.79 bits per heavy atom. The second-order valence-electron chi connectivity index (χ2n) is 5.54. The van der Waals surface area contributed by atoms with Crippen LogP contribution in [0.2, 0.25) is 0 Å². The van der Waals surface area contributed by atoms with Gasteiger partial charge in [-0.15, -0.1) is 11.3 Å². The number of rotatable bonds is 2. The topological polar surface area (TPSA) is 44.5 Å². The van der Waals surface area contributed by atoms with Crippen LogP contribution in [0.25, 0.3) is 32.8 Å². The van der Waals surface area contributed by atoms with Gasteiger partial charge in [0.25, 0.3) is 0 Å².